The molecular formula is C27H34F3NO5. The Hall–Kier alpha value is -2.62. The molecule has 0 aromatic heterocycles. The Labute approximate surface area is 209 Å². The first kappa shape index (κ1) is 28.0. The predicted molar refractivity (Wildman–Crippen MR) is 129 cm³/mol. The molecule has 0 unspecified atom stereocenters. The largest absolute Gasteiger partial charge is 0.481 e. The number of likely N-dealkylation sites (tertiary alicyclic amines) is 1. The van der Waals surface area contributed by atoms with Crippen molar-refractivity contribution in [2.45, 2.75) is 70.8 Å². The van der Waals surface area contributed by atoms with Crippen LogP contribution in [-0.4, -0.2) is 59.5 Å². The van der Waals surface area contributed by atoms with Gasteiger partial charge >= 0.3 is 12.6 Å². The van der Waals surface area contributed by atoms with Crippen LogP contribution in [-0.2, 0) is 22.4 Å². The van der Waals surface area contributed by atoms with E-state index in [0.29, 0.717) is 29.7 Å². The minimum atomic E-state index is -3.04. The number of benzene rings is 2. The number of aliphatic hydroxyl groups is 1. The topological polar surface area (TPSA) is 79.2 Å². The van der Waals surface area contributed by atoms with Gasteiger partial charge in [-0.15, -0.1) is 0 Å². The van der Waals surface area contributed by atoms with Crippen LogP contribution in [0.25, 0.3) is 0 Å². The first-order valence-electron chi connectivity index (χ1n) is 12.2. The molecule has 2 aromatic carbocycles. The number of carbonyl (C=O) groups is 1. The van der Waals surface area contributed by atoms with E-state index in [-0.39, 0.29) is 37.1 Å². The number of aliphatic carboxylic acids is 1. The van der Waals surface area contributed by atoms with Gasteiger partial charge in [-0.25, -0.2) is 4.39 Å². The van der Waals surface area contributed by atoms with Crippen molar-refractivity contribution in [1.82, 2.24) is 4.90 Å². The molecule has 0 aliphatic carbocycles. The van der Waals surface area contributed by atoms with Crippen LogP contribution in [0.5, 0.6) is 5.75 Å². The van der Waals surface area contributed by atoms with Gasteiger partial charge in [0.25, 0.3) is 0 Å². The Morgan fingerprint density at radius 2 is 2.03 bits per heavy atom. The molecule has 1 heterocycles. The van der Waals surface area contributed by atoms with Gasteiger partial charge in [-0.1, -0.05) is 24.3 Å². The van der Waals surface area contributed by atoms with E-state index in [0.717, 1.165) is 24.9 Å². The van der Waals surface area contributed by atoms with E-state index in [2.05, 4.69) is 9.64 Å². The van der Waals surface area contributed by atoms with E-state index in [1.807, 2.05) is 6.07 Å². The molecule has 0 spiro atoms. The number of nitrogens with zero attached hydrogens (tertiary/aromatic N) is 1. The van der Waals surface area contributed by atoms with Crippen LogP contribution in [0.4, 0.5) is 13.2 Å². The zero-order valence-electron chi connectivity index (χ0n) is 20.6. The highest BCUT2D eigenvalue weighted by molar-refractivity contribution is 5.67. The van der Waals surface area contributed by atoms with Crippen molar-refractivity contribution < 1.29 is 37.7 Å². The molecule has 3 atom stereocenters. The Morgan fingerprint density at radius 1 is 1.25 bits per heavy atom. The highest BCUT2D eigenvalue weighted by Gasteiger charge is 2.27. The summed E-state index contributed by atoms with van der Waals surface area (Å²) in [7, 11) is 0. The van der Waals surface area contributed by atoms with Gasteiger partial charge in [0.15, 0.2) is 0 Å². The third-order valence-corrected chi connectivity index (χ3v) is 6.60. The van der Waals surface area contributed by atoms with Gasteiger partial charge in [-0.2, -0.15) is 8.78 Å². The van der Waals surface area contributed by atoms with E-state index in [4.69, 9.17) is 9.84 Å². The van der Waals surface area contributed by atoms with Gasteiger partial charge < -0.3 is 19.7 Å². The fourth-order valence-electron chi connectivity index (χ4n) is 4.74. The maximum atomic E-state index is 13.9. The molecule has 0 radical (unpaired) electrons. The second-order valence-electron chi connectivity index (χ2n) is 9.30. The lowest BCUT2D eigenvalue weighted by molar-refractivity contribution is -0.136. The summed E-state index contributed by atoms with van der Waals surface area (Å²) in [6.45, 7) is 1.66. The molecule has 6 nitrogen and oxygen atoms in total. The summed E-state index contributed by atoms with van der Waals surface area (Å²) in [6, 6.07) is 10.1. The molecule has 198 valence electrons. The van der Waals surface area contributed by atoms with Gasteiger partial charge in [0.2, 0.25) is 0 Å². The van der Waals surface area contributed by atoms with Crippen molar-refractivity contribution in [3.63, 3.8) is 0 Å². The van der Waals surface area contributed by atoms with Crippen LogP contribution >= 0.6 is 0 Å². The lowest BCUT2D eigenvalue weighted by atomic mass is 9.98. The maximum absolute atomic E-state index is 13.9. The van der Waals surface area contributed by atoms with Gasteiger partial charge in [0, 0.05) is 24.6 Å². The van der Waals surface area contributed by atoms with Crippen molar-refractivity contribution >= 4 is 5.97 Å². The molecule has 1 aliphatic rings. The summed E-state index contributed by atoms with van der Waals surface area (Å²) >= 11 is 0. The Balaban J connectivity index is 1.59. The molecular weight excluding hydrogens is 475 g/mol. The lowest BCUT2D eigenvalue weighted by Crippen LogP contribution is -2.39. The summed E-state index contributed by atoms with van der Waals surface area (Å²) in [5, 5.41) is 19.7. The Kier molecular flexibility index (Phi) is 10.2. The van der Waals surface area contributed by atoms with Gasteiger partial charge in [-0.3, -0.25) is 9.69 Å². The second-order valence-corrected chi connectivity index (χ2v) is 9.30. The quantitative estimate of drug-likeness (QED) is 0.400. The highest BCUT2D eigenvalue weighted by atomic mass is 19.3. The third kappa shape index (κ3) is 7.94. The molecule has 0 saturated carbocycles. The first-order chi connectivity index (χ1) is 17.1. The number of ether oxygens (including phenoxy) is 2. The SMILES string of the molecule is Cc1ccc(C[C@@H]2CCCN2C[C@@H](O)CO[C@H](C)c2cccc(OC(F)F)c2CCC(=O)O)cc1F. The molecule has 1 aliphatic heterocycles. The van der Waals surface area contributed by atoms with Crippen molar-refractivity contribution in [3.05, 3.63) is 64.5 Å². The van der Waals surface area contributed by atoms with Gasteiger partial charge in [-0.05, 0) is 74.9 Å². The van der Waals surface area contributed by atoms with Crippen LogP contribution in [0.2, 0.25) is 0 Å². The number of carboxylic acid groups (broad SMARTS) is 1. The van der Waals surface area contributed by atoms with Crippen LogP contribution in [0, 0.1) is 12.7 Å². The smallest absolute Gasteiger partial charge is 0.387 e. The molecule has 0 bridgehead atoms. The number of carboxylic acids is 1. The van der Waals surface area contributed by atoms with E-state index < -0.39 is 24.8 Å². The third-order valence-electron chi connectivity index (χ3n) is 6.60. The summed E-state index contributed by atoms with van der Waals surface area (Å²) in [4.78, 5) is 13.3. The van der Waals surface area contributed by atoms with E-state index in [1.165, 1.54) is 6.07 Å². The average molecular weight is 510 g/mol. The molecule has 3 rings (SSSR count). The van der Waals surface area contributed by atoms with Crippen molar-refractivity contribution in [3.8, 4) is 5.75 Å². The van der Waals surface area contributed by atoms with Gasteiger partial charge in [0.05, 0.1) is 18.8 Å². The average Bonchev–Trinajstić information content (AvgIpc) is 3.24. The van der Waals surface area contributed by atoms with Crippen molar-refractivity contribution in [2.75, 3.05) is 19.7 Å². The monoisotopic (exact) mass is 509 g/mol. The molecule has 1 saturated heterocycles. The zero-order chi connectivity index (χ0) is 26.2. The number of hydrogen-bond acceptors (Lipinski definition) is 5. The predicted octanol–water partition coefficient (Wildman–Crippen LogP) is 4.90. The standard InChI is InChI=1S/C27H34F3NO5/c1-17-8-9-19(14-24(17)28)13-20-5-4-12-31(20)15-21(32)16-35-18(2)22-6-3-7-25(36-27(29)30)23(22)10-11-26(33)34/h3,6-9,14,18,20-21,27,32H,4-5,10-13,15-16H2,1-2H3,(H,33,34)/t18-,20+,21-/m1/s1. The number of alkyl halides is 2. The lowest BCUT2D eigenvalue weighted by Gasteiger charge is -2.28. The number of halogens is 3. The fraction of sp³-hybridized carbons (Fsp3) is 0.519. The van der Waals surface area contributed by atoms with Crippen LogP contribution in [0.3, 0.4) is 0 Å². The summed E-state index contributed by atoms with van der Waals surface area (Å²) in [5.74, 6) is -1.34. The minimum absolute atomic E-state index is 0.0128. The van der Waals surface area contributed by atoms with Crippen molar-refractivity contribution in [2.24, 2.45) is 0 Å². The molecule has 2 aromatic rings. The van der Waals surface area contributed by atoms with Gasteiger partial charge in [0.1, 0.15) is 11.6 Å². The summed E-state index contributed by atoms with van der Waals surface area (Å²) in [6.07, 6.45) is 1.06. The number of hydrogen-bond donors (Lipinski definition) is 2. The van der Waals surface area contributed by atoms with E-state index >= 15 is 0 Å². The molecule has 1 fully saturated rings. The van der Waals surface area contributed by atoms with Crippen molar-refractivity contribution in [1.29, 1.82) is 0 Å². The molecule has 9 heteroatoms. The van der Waals surface area contributed by atoms with Crippen LogP contribution in [0.15, 0.2) is 36.4 Å². The van der Waals surface area contributed by atoms with E-state index in [1.54, 1.807) is 38.1 Å². The number of aryl methyl sites for hydroxylation is 1. The van der Waals surface area contributed by atoms with E-state index in [9.17, 15) is 23.1 Å². The van der Waals surface area contributed by atoms with Crippen LogP contribution < -0.4 is 4.74 Å². The zero-order valence-corrected chi connectivity index (χ0v) is 20.6. The minimum Gasteiger partial charge on any atom is -0.481 e. The fourth-order valence-corrected chi connectivity index (χ4v) is 4.74. The Bertz CT molecular complexity index is 1020. The molecule has 36 heavy (non-hydrogen) atoms. The highest BCUT2D eigenvalue weighted by Crippen LogP contribution is 2.31. The number of rotatable bonds is 13. The Morgan fingerprint density at radius 3 is 2.72 bits per heavy atom. The first-order valence-corrected chi connectivity index (χ1v) is 12.2. The normalized spacial score (nSPS) is 17.9. The maximum Gasteiger partial charge on any atom is 0.387 e. The summed E-state index contributed by atoms with van der Waals surface area (Å²) < 4.78 is 50.1. The summed E-state index contributed by atoms with van der Waals surface area (Å²) in [5.41, 5.74) is 2.43. The molecule has 0 amide bonds. The number of β-amino-alcohol motifs (C(OH)–C–C–N with tert-alkyl or cyclic N) is 1. The molecule has 2 N–H and O–H groups in total. The second kappa shape index (κ2) is 13.1. The van der Waals surface area contributed by atoms with Crippen LogP contribution in [0.1, 0.15) is 54.5 Å². The number of aliphatic hydroxyl groups excluding tert-OH is 1.